The molecule has 1 aromatic carbocycles. The number of H-pyrrole nitrogens is 1. The first kappa shape index (κ1) is 12.2. The number of carbonyl (C=O) groups is 1. The maximum absolute atomic E-state index is 12.7. The molecule has 100 valence electrons. The van der Waals surface area contributed by atoms with Crippen LogP contribution in [0.1, 0.15) is 24.2 Å². The van der Waals surface area contributed by atoms with E-state index < -0.39 is 0 Å². The van der Waals surface area contributed by atoms with E-state index in [4.69, 9.17) is 4.74 Å². The summed E-state index contributed by atoms with van der Waals surface area (Å²) in [5, 5.41) is 0.985. The van der Waals surface area contributed by atoms with Crippen LogP contribution in [0.3, 0.4) is 0 Å². The van der Waals surface area contributed by atoms with Crippen molar-refractivity contribution < 1.29 is 9.53 Å². The molecule has 0 saturated carbocycles. The van der Waals surface area contributed by atoms with E-state index in [9.17, 15) is 4.79 Å². The van der Waals surface area contributed by atoms with Gasteiger partial charge in [0.1, 0.15) is 0 Å². The summed E-state index contributed by atoms with van der Waals surface area (Å²) in [5.74, 6) is 0.0906. The Hall–Kier alpha value is -1.81. The summed E-state index contributed by atoms with van der Waals surface area (Å²) in [6.07, 6.45) is 1.97. The van der Waals surface area contributed by atoms with E-state index in [1.807, 2.05) is 49.2 Å². The first-order valence-electron chi connectivity index (χ1n) is 6.65. The van der Waals surface area contributed by atoms with Crippen molar-refractivity contribution in [2.45, 2.75) is 26.0 Å². The number of amides is 1. The number of nitrogens with zero attached hydrogens (tertiary/aromatic N) is 1. The molecule has 2 heterocycles. The molecule has 3 rings (SSSR count). The number of aromatic amines is 1. The minimum atomic E-state index is 0.0906. The lowest BCUT2D eigenvalue weighted by atomic mass is 10.1. The third kappa shape index (κ3) is 2.12. The van der Waals surface area contributed by atoms with Gasteiger partial charge in [-0.05, 0) is 32.0 Å². The summed E-state index contributed by atoms with van der Waals surface area (Å²) in [7, 11) is 0. The first-order chi connectivity index (χ1) is 9.16. The van der Waals surface area contributed by atoms with Crippen LogP contribution in [0.4, 0.5) is 0 Å². The molecular formula is C15H18N2O2. The third-order valence-electron chi connectivity index (χ3n) is 3.69. The lowest BCUT2D eigenvalue weighted by Gasteiger charge is -2.37. The molecule has 4 nitrogen and oxygen atoms in total. The van der Waals surface area contributed by atoms with Gasteiger partial charge in [0.15, 0.2) is 0 Å². The highest BCUT2D eigenvalue weighted by atomic mass is 16.5. The highest BCUT2D eigenvalue weighted by Gasteiger charge is 2.28. The SMILES string of the molecule is CC1CN(C(=O)c2cccc3[nH]ccc23)C(C)CO1. The Balaban J connectivity index is 1.97. The van der Waals surface area contributed by atoms with Crippen LogP contribution in [0.25, 0.3) is 10.9 Å². The standard InChI is InChI=1S/C15H18N2O2/c1-10-9-19-11(2)8-17(10)15(18)13-4-3-5-14-12(13)6-7-16-14/h3-7,10-11,16H,8-9H2,1-2H3. The van der Waals surface area contributed by atoms with Crippen molar-refractivity contribution in [3.63, 3.8) is 0 Å². The molecule has 1 saturated heterocycles. The number of benzene rings is 1. The Labute approximate surface area is 112 Å². The monoisotopic (exact) mass is 258 g/mol. The average Bonchev–Trinajstić information content (AvgIpc) is 2.89. The smallest absolute Gasteiger partial charge is 0.254 e. The predicted molar refractivity (Wildman–Crippen MR) is 74.2 cm³/mol. The normalized spacial score (nSPS) is 23.8. The van der Waals surface area contributed by atoms with Crippen molar-refractivity contribution in [1.29, 1.82) is 0 Å². The van der Waals surface area contributed by atoms with E-state index in [0.717, 1.165) is 16.5 Å². The fraction of sp³-hybridized carbons (Fsp3) is 0.400. The molecule has 2 aromatic rings. The van der Waals surface area contributed by atoms with E-state index in [2.05, 4.69) is 4.98 Å². The number of carbonyl (C=O) groups excluding carboxylic acids is 1. The van der Waals surface area contributed by atoms with E-state index in [0.29, 0.717) is 13.2 Å². The second kappa shape index (κ2) is 4.70. The van der Waals surface area contributed by atoms with Crippen LogP contribution < -0.4 is 0 Å². The van der Waals surface area contributed by atoms with Gasteiger partial charge in [0.2, 0.25) is 0 Å². The molecule has 0 bridgehead atoms. The lowest BCUT2D eigenvalue weighted by molar-refractivity contribution is -0.0386. The van der Waals surface area contributed by atoms with Crippen molar-refractivity contribution >= 4 is 16.8 Å². The van der Waals surface area contributed by atoms with Crippen molar-refractivity contribution in [1.82, 2.24) is 9.88 Å². The zero-order valence-electron chi connectivity index (χ0n) is 11.2. The van der Waals surface area contributed by atoms with E-state index in [1.54, 1.807) is 0 Å². The number of nitrogens with one attached hydrogen (secondary N) is 1. The summed E-state index contributed by atoms with van der Waals surface area (Å²) >= 11 is 0. The number of hydrogen-bond acceptors (Lipinski definition) is 2. The molecule has 0 spiro atoms. The molecular weight excluding hydrogens is 240 g/mol. The molecule has 1 aliphatic heterocycles. The van der Waals surface area contributed by atoms with Crippen LogP contribution in [0.2, 0.25) is 0 Å². The van der Waals surface area contributed by atoms with Crippen LogP contribution >= 0.6 is 0 Å². The van der Waals surface area contributed by atoms with Crippen molar-refractivity contribution in [3.8, 4) is 0 Å². The molecule has 1 N–H and O–H groups in total. The highest BCUT2D eigenvalue weighted by molar-refractivity contribution is 6.06. The Kier molecular flexibility index (Phi) is 3.03. The number of fused-ring (bicyclic) bond motifs is 1. The molecule has 2 unspecified atom stereocenters. The van der Waals surface area contributed by atoms with Crippen LogP contribution in [0, 0.1) is 0 Å². The van der Waals surface area contributed by atoms with Crippen molar-refractivity contribution in [2.24, 2.45) is 0 Å². The van der Waals surface area contributed by atoms with E-state index in [-0.39, 0.29) is 18.1 Å². The van der Waals surface area contributed by atoms with Crippen LogP contribution in [0.5, 0.6) is 0 Å². The largest absolute Gasteiger partial charge is 0.375 e. The zero-order chi connectivity index (χ0) is 13.4. The second-order valence-corrected chi connectivity index (χ2v) is 5.19. The molecule has 1 aliphatic rings. The van der Waals surface area contributed by atoms with Crippen molar-refractivity contribution in [3.05, 3.63) is 36.0 Å². The Bertz CT molecular complexity index is 605. The maximum Gasteiger partial charge on any atom is 0.254 e. The molecule has 1 amide bonds. The Morgan fingerprint density at radius 1 is 1.37 bits per heavy atom. The summed E-state index contributed by atoms with van der Waals surface area (Å²) in [4.78, 5) is 17.8. The molecule has 1 aromatic heterocycles. The van der Waals surface area contributed by atoms with Gasteiger partial charge in [-0.15, -0.1) is 0 Å². The fourth-order valence-corrected chi connectivity index (χ4v) is 2.61. The Morgan fingerprint density at radius 2 is 2.21 bits per heavy atom. The van der Waals surface area contributed by atoms with Crippen LogP contribution in [0.15, 0.2) is 30.5 Å². The van der Waals surface area contributed by atoms with Gasteiger partial charge in [0, 0.05) is 29.2 Å². The van der Waals surface area contributed by atoms with E-state index in [1.165, 1.54) is 0 Å². The van der Waals surface area contributed by atoms with Gasteiger partial charge < -0.3 is 14.6 Å². The fourth-order valence-electron chi connectivity index (χ4n) is 2.61. The number of rotatable bonds is 1. The lowest BCUT2D eigenvalue weighted by Crippen LogP contribution is -2.50. The van der Waals surface area contributed by atoms with Gasteiger partial charge in [-0.2, -0.15) is 0 Å². The minimum absolute atomic E-state index is 0.0906. The second-order valence-electron chi connectivity index (χ2n) is 5.19. The van der Waals surface area contributed by atoms with Crippen molar-refractivity contribution in [2.75, 3.05) is 13.2 Å². The summed E-state index contributed by atoms with van der Waals surface area (Å²) in [5.41, 5.74) is 1.76. The Morgan fingerprint density at radius 3 is 3.05 bits per heavy atom. The van der Waals surface area contributed by atoms with Crippen LogP contribution in [-0.4, -0.2) is 41.1 Å². The maximum atomic E-state index is 12.7. The van der Waals surface area contributed by atoms with Gasteiger partial charge in [0.05, 0.1) is 18.8 Å². The average molecular weight is 258 g/mol. The number of ether oxygens (including phenoxy) is 1. The van der Waals surface area contributed by atoms with Gasteiger partial charge in [-0.3, -0.25) is 4.79 Å². The zero-order valence-corrected chi connectivity index (χ0v) is 11.2. The van der Waals surface area contributed by atoms with Crippen LogP contribution in [-0.2, 0) is 4.74 Å². The molecule has 19 heavy (non-hydrogen) atoms. The van der Waals surface area contributed by atoms with Gasteiger partial charge in [0.25, 0.3) is 5.91 Å². The highest BCUT2D eigenvalue weighted by Crippen LogP contribution is 2.22. The summed E-state index contributed by atoms with van der Waals surface area (Å²) in [6.45, 7) is 5.29. The third-order valence-corrected chi connectivity index (χ3v) is 3.69. The topological polar surface area (TPSA) is 45.3 Å². The number of hydrogen-bond donors (Lipinski definition) is 1. The summed E-state index contributed by atoms with van der Waals surface area (Å²) in [6, 6.07) is 7.87. The minimum Gasteiger partial charge on any atom is -0.375 e. The molecule has 0 radical (unpaired) electrons. The molecule has 4 heteroatoms. The van der Waals surface area contributed by atoms with E-state index >= 15 is 0 Å². The molecule has 2 atom stereocenters. The molecule has 0 aliphatic carbocycles. The van der Waals surface area contributed by atoms with Gasteiger partial charge >= 0.3 is 0 Å². The molecule has 1 fully saturated rings. The summed E-state index contributed by atoms with van der Waals surface area (Å²) < 4.78 is 5.58. The number of morpholine rings is 1. The first-order valence-corrected chi connectivity index (χ1v) is 6.65. The van der Waals surface area contributed by atoms with Gasteiger partial charge in [-0.1, -0.05) is 6.07 Å². The quantitative estimate of drug-likeness (QED) is 0.853. The van der Waals surface area contributed by atoms with Gasteiger partial charge in [-0.25, -0.2) is 0 Å². The predicted octanol–water partition coefficient (Wildman–Crippen LogP) is 2.42. The number of aromatic nitrogens is 1.